The summed E-state index contributed by atoms with van der Waals surface area (Å²) in [6.45, 7) is 3.83. The molecule has 154 valence electrons. The molecule has 0 radical (unpaired) electrons. The zero-order valence-corrected chi connectivity index (χ0v) is 17.6. The fourth-order valence-corrected chi connectivity index (χ4v) is 4.27. The summed E-state index contributed by atoms with van der Waals surface area (Å²) >= 11 is 0. The maximum absolute atomic E-state index is 12.2. The van der Waals surface area contributed by atoms with E-state index in [4.69, 9.17) is 0 Å². The normalized spacial score (nSPS) is 12.1. The predicted molar refractivity (Wildman–Crippen MR) is 113 cm³/mol. The van der Waals surface area contributed by atoms with Gasteiger partial charge in [-0.1, -0.05) is 31.9 Å². The molecule has 0 spiro atoms. The standard InChI is InChI=1S/C20H25N5O3S/c1-4-5-8-13-29(27,28)23-19(26)12-11-16-15(2)22-24(3)20(16)25-14-21-17-9-6-7-10-18(17)25/h6-7,9-12,14H,4-5,8,13H2,1-3H3,(H,23,26)/b12-11+. The fourth-order valence-electron chi connectivity index (χ4n) is 3.21. The van der Waals surface area contributed by atoms with Crippen molar-refractivity contribution in [3.05, 3.63) is 47.9 Å². The third-order valence-electron chi connectivity index (χ3n) is 4.59. The number of fused-ring (bicyclic) bond motifs is 1. The average Bonchev–Trinajstić information content (AvgIpc) is 3.19. The van der Waals surface area contributed by atoms with Gasteiger partial charge in [0, 0.05) is 18.7 Å². The van der Waals surface area contributed by atoms with Crippen molar-refractivity contribution in [1.29, 1.82) is 0 Å². The molecule has 3 aromatic rings. The molecule has 1 amide bonds. The molecule has 0 aliphatic carbocycles. The third kappa shape index (κ3) is 4.73. The number of hydrogen-bond donors (Lipinski definition) is 1. The first-order chi connectivity index (χ1) is 13.8. The van der Waals surface area contributed by atoms with Crippen LogP contribution in [0.3, 0.4) is 0 Å². The van der Waals surface area contributed by atoms with Gasteiger partial charge in [0.25, 0.3) is 5.91 Å². The SMILES string of the molecule is CCCCCS(=O)(=O)NC(=O)/C=C/c1c(C)nn(C)c1-n1cnc2ccccc21. The zero-order valence-electron chi connectivity index (χ0n) is 16.8. The molecule has 2 heterocycles. The highest BCUT2D eigenvalue weighted by atomic mass is 32.2. The predicted octanol–water partition coefficient (Wildman–Crippen LogP) is 2.72. The van der Waals surface area contributed by atoms with Gasteiger partial charge in [-0.15, -0.1) is 0 Å². The lowest BCUT2D eigenvalue weighted by Crippen LogP contribution is -2.31. The van der Waals surface area contributed by atoms with Gasteiger partial charge >= 0.3 is 0 Å². The molecule has 0 aliphatic heterocycles. The highest BCUT2D eigenvalue weighted by Gasteiger charge is 2.17. The minimum Gasteiger partial charge on any atom is -0.283 e. The number of nitrogens with one attached hydrogen (secondary N) is 1. The Morgan fingerprint density at radius 3 is 2.76 bits per heavy atom. The van der Waals surface area contributed by atoms with Gasteiger partial charge in [-0.2, -0.15) is 5.10 Å². The summed E-state index contributed by atoms with van der Waals surface area (Å²) in [4.78, 5) is 16.6. The van der Waals surface area contributed by atoms with Crippen LogP contribution < -0.4 is 4.72 Å². The first-order valence-electron chi connectivity index (χ1n) is 9.51. The van der Waals surface area contributed by atoms with Gasteiger partial charge in [0.2, 0.25) is 10.0 Å². The Morgan fingerprint density at radius 2 is 2.00 bits per heavy atom. The van der Waals surface area contributed by atoms with Gasteiger partial charge < -0.3 is 0 Å². The van der Waals surface area contributed by atoms with Crippen LogP contribution in [0.25, 0.3) is 22.9 Å². The number of unbranched alkanes of at least 4 members (excludes halogenated alkanes) is 2. The number of aryl methyl sites for hydroxylation is 2. The van der Waals surface area contributed by atoms with Crippen molar-refractivity contribution >= 4 is 33.0 Å². The van der Waals surface area contributed by atoms with Crippen molar-refractivity contribution in [2.75, 3.05) is 5.75 Å². The maximum atomic E-state index is 12.2. The lowest BCUT2D eigenvalue weighted by atomic mass is 10.2. The molecule has 0 fully saturated rings. The Bertz CT molecular complexity index is 1160. The monoisotopic (exact) mass is 415 g/mol. The Labute approximate surface area is 170 Å². The summed E-state index contributed by atoms with van der Waals surface area (Å²) in [5.74, 6) is 0.00996. The van der Waals surface area contributed by atoms with Crippen LogP contribution in [0.4, 0.5) is 0 Å². The van der Waals surface area contributed by atoms with E-state index in [2.05, 4.69) is 14.8 Å². The van der Waals surface area contributed by atoms with E-state index < -0.39 is 15.9 Å². The van der Waals surface area contributed by atoms with Gasteiger partial charge in [-0.3, -0.25) is 14.0 Å². The molecular weight excluding hydrogens is 390 g/mol. The fraction of sp³-hybridized carbons (Fsp3) is 0.350. The van der Waals surface area contributed by atoms with Crippen LogP contribution >= 0.6 is 0 Å². The van der Waals surface area contributed by atoms with Crippen LogP contribution in [-0.4, -0.2) is 39.4 Å². The van der Waals surface area contributed by atoms with Gasteiger partial charge in [0.05, 0.1) is 22.5 Å². The number of sulfonamides is 1. The van der Waals surface area contributed by atoms with E-state index in [0.29, 0.717) is 12.0 Å². The number of amides is 1. The molecule has 3 rings (SSSR count). The van der Waals surface area contributed by atoms with E-state index in [1.165, 1.54) is 6.08 Å². The maximum Gasteiger partial charge on any atom is 0.257 e. The third-order valence-corrected chi connectivity index (χ3v) is 5.93. The van der Waals surface area contributed by atoms with E-state index in [0.717, 1.165) is 35.4 Å². The summed E-state index contributed by atoms with van der Waals surface area (Å²) in [7, 11) is -1.82. The molecule has 1 N–H and O–H groups in total. The second-order valence-electron chi connectivity index (χ2n) is 6.88. The van der Waals surface area contributed by atoms with Crippen molar-refractivity contribution in [1.82, 2.24) is 24.1 Å². The first kappa shape index (κ1) is 20.8. The molecule has 1 aromatic carbocycles. The van der Waals surface area contributed by atoms with E-state index in [-0.39, 0.29) is 5.75 Å². The Hall–Kier alpha value is -2.94. The van der Waals surface area contributed by atoms with Crippen LogP contribution in [0, 0.1) is 6.92 Å². The van der Waals surface area contributed by atoms with Crippen LogP contribution in [0.2, 0.25) is 0 Å². The van der Waals surface area contributed by atoms with Crippen molar-refractivity contribution in [2.45, 2.75) is 33.1 Å². The van der Waals surface area contributed by atoms with Crippen molar-refractivity contribution < 1.29 is 13.2 Å². The first-order valence-corrected chi connectivity index (χ1v) is 11.2. The number of benzene rings is 1. The van der Waals surface area contributed by atoms with Crippen molar-refractivity contribution in [3.8, 4) is 5.82 Å². The second kappa shape index (κ2) is 8.60. The Balaban J connectivity index is 1.86. The lowest BCUT2D eigenvalue weighted by molar-refractivity contribution is -0.114. The van der Waals surface area contributed by atoms with Crippen molar-refractivity contribution in [2.24, 2.45) is 7.05 Å². The van der Waals surface area contributed by atoms with Crippen molar-refractivity contribution in [3.63, 3.8) is 0 Å². The Kier molecular flexibility index (Phi) is 6.17. The van der Waals surface area contributed by atoms with E-state index >= 15 is 0 Å². The molecule has 0 unspecified atom stereocenters. The topological polar surface area (TPSA) is 98.9 Å². The largest absolute Gasteiger partial charge is 0.283 e. The van der Waals surface area contributed by atoms with E-state index in [9.17, 15) is 13.2 Å². The molecular formula is C20H25N5O3S. The highest BCUT2D eigenvalue weighted by Crippen LogP contribution is 2.24. The average molecular weight is 416 g/mol. The minimum atomic E-state index is -3.63. The van der Waals surface area contributed by atoms with Gasteiger partial charge in [-0.25, -0.2) is 18.1 Å². The van der Waals surface area contributed by atoms with E-state index in [1.807, 2.05) is 49.7 Å². The molecule has 29 heavy (non-hydrogen) atoms. The molecule has 0 saturated heterocycles. The number of rotatable bonds is 8. The molecule has 9 heteroatoms. The Morgan fingerprint density at radius 1 is 1.24 bits per heavy atom. The van der Waals surface area contributed by atoms with E-state index in [1.54, 1.807) is 17.1 Å². The molecule has 0 bridgehead atoms. The molecule has 0 aliphatic rings. The minimum absolute atomic E-state index is 0.0569. The molecule has 2 aromatic heterocycles. The number of imidazole rings is 1. The number of aromatic nitrogens is 4. The molecule has 0 atom stereocenters. The number of nitrogens with zero attached hydrogens (tertiary/aromatic N) is 4. The smallest absolute Gasteiger partial charge is 0.257 e. The molecule has 8 nitrogen and oxygen atoms in total. The highest BCUT2D eigenvalue weighted by molar-refractivity contribution is 7.90. The van der Waals surface area contributed by atoms with Crippen LogP contribution in [0.5, 0.6) is 0 Å². The van der Waals surface area contributed by atoms with Crippen LogP contribution in [0.1, 0.15) is 37.4 Å². The second-order valence-corrected chi connectivity index (χ2v) is 8.72. The zero-order chi connectivity index (χ0) is 21.0. The number of carbonyl (C=O) groups is 1. The lowest BCUT2D eigenvalue weighted by Gasteiger charge is -2.07. The quantitative estimate of drug-likeness (QED) is 0.450. The summed E-state index contributed by atoms with van der Waals surface area (Å²) in [5, 5.41) is 4.44. The van der Waals surface area contributed by atoms with Gasteiger partial charge in [0.1, 0.15) is 12.1 Å². The summed E-state index contributed by atoms with van der Waals surface area (Å²) in [6.07, 6.45) is 6.77. The van der Waals surface area contributed by atoms with Gasteiger partial charge in [-0.05, 0) is 31.6 Å². The number of hydrogen-bond acceptors (Lipinski definition) is 5. The van der Waals surface area contributed by atoms with Gasteiger partial charge in [0.15, 0.2) is 0 Å². The number of carbonyl (C=O) groups excluding carboxylic acids is 1. The molecule has 0 saturated carbocycles. The summed E-state index contributed by atoms with van der Waals surface area (Å²) < 4.78 is 29.7. The van der Waals surface area contributed by atoms with Crippen LogP contribution in [-0.2, 0) is 21.9 Å². The number of para-hydroxylation sites is 2. The summed E-state index contributed by atoms with van der Waals surface area (Å²) in [5.41, 5.74) is 3.19. The van der Waals surface area contributed by atoms with Crippen LogP contribution in [0.15, 0.2) is 36.7 Å². The summed E-state index contributed by atoms with van der Waals surface area (Å²) in [6, 6.07) is 7.71.